The quantitative estimate of drug-likeness (QED) is 0.163. The lowest BCUT2D eigenvalue weighted by Crippen LogP contribution is -2.21. The van der Waals surface area contributed by atoms with E-state index >= 15 is 0 Å². The van der Waals surface area contributed by atoms with Crippen LogP contribution in [0, 0.1) is 23.0 Å². The van der Waals surface area contributed by atoms with Crippen molar-refractivity contribution in [2.24, 2.45) is 0 Å². The molecule has 1 saturated heterocycles. The maximum Gasteiger partial charge on any atom is 0.151 e. The predicted molar refractivity (Wildman–Crippen MR) is 168 cm³/mol. The Labute approximate surface area is 263 Å². The van der Waals surface area contributed by atoms with Crippen LogP contribution in [-0.2, 0) is 6.54 Å². The van der Waals surface area contributed by atoms with E-state index in [9.17, 15) is 14.0 Å². The molecule has 0 bridgehead atoms. The molecule has 6 rings (SSSR count). The Morgan fingerprint density at radius 2 is 1.73 bits per heavy atom. The Morgan fingerprint density at radius 3 is 2.45 bits per heavy atom. The van der Waals surface area contributed by atoms with Crippen molar-refractivity contribution in [1.82, 2.24) is 24.9 Å². The number of aromatic nitrogens is 4. The second-order valence-corrected chi connectivity index (χ2v) is 11.5. The van der Waals surface area contributed by atoms with Gasteiger partial charge in [-0.3, -0.25) is 9.67 Å². The van der Waals surface area contributed by atoms with E-state index in [1.54, 1.807) is 12.1 Å². The van der Waals surface area contributed by atoms with Crippen LogP contribution in [0.4, 0.5) is 25.8 Å². The molecule has 0 spiro atoms. The minimum atomic E-state index is -0.906. The summed E-state index contributed by atoms with van der Waals surface area (Å²) in [6.07, 6.45) is 6.75. The summed E-state index contributed by atoms with van der Waals surface area (Å²) in [5.41, 5.74) is 2.38. The maximum atomic E-state index is 14.8. The number of rotatable bonds is 10. The number of pyridine rings is 1. The molecule has 3 aromatic carbocycles. The summed E-state index contributed by atoms with van der Waals surface area (Å²) in [7, 11) is 0. The molecule has 0 radical (unpaired) electrons. The van der Waals surface area contributed by atoms with Crippen molar-refractivity contribution in [1.29, 1.82) is 5.26 Å². The number of hydrogen-bond acceptors (Lipinski definition) is 7. The number of anilines is 3. The zero-order chi connectivity index (χ0) is 30.6. The van der Waals surface area contributed by atoms with Gasteiger partial charge in [0.1, 0.15) is 17.5 Å². The third kappa shape index (κ3) is 6.45. The van der Waals surface area contributed by atoms with E-state index < -0.39 is 23.4 Å². The fourth-order valence-electron chi connectivity index (χ4n) is 5.51. The van der Waals surface area contributed by atoms with Crippen molar-refractivity contribution in [3.8, 4) is 6.07 Å². The third-order valence-electron chi connectivity index (χ3n) is 7.66. The number of likely N-dealkylation sites (tertiary alicyclic amines) is 1. The number of fused-ring (bicyclic) bond motifs is 1. The number of benzene rings is 3. The number of halogens is 4. The zero-order valence-corrected chi connectivity index (χ0v) is 25.1. The second kappa shape index (κ2) is 13.1. The molecule has 8 nitrogen and oxygen atoms in total. The van der Waals surface area contributed by atoms with Crippen LogP contribution >= 0.6 is 23.2 Å². The SMILES string of the molecule is N#Cc1cnc2c(Cl)cc(N[C@@H](c3ccccc3)c3cn(CCCN4CCCC4)nn3)cc2c1Nc1c(F)cc(Cl)cc1F. The second-order valence-electron chi connectivity index (χ2n) is 10.7. The van der Waals surface area contributed by atoms with Crippen molar-refractivity contribution >= 4 is 51.2 Å². The summed E-state index contributed by atoms with van der Waals surface area (Å²) in [5, 5.41) is 25.6. The predicted octanol–water partition coefficient (Wildman–Crippen LogP) is 7.71. The van der Waals surface area contributed by atoms with Gasteiger partial charge in [0.25, 0.3) is 0 Å². The van der Waals surface area contributed by atoms with Gasteiger partial charge in [0.2, 0.25) is 0 Å². The van der Waals surface area contributed by atoms with Crippen LogP contribution in [0.25, 0.3) is 10.9 Å². The molecule has 0 aliphatic carbocycles. The minimum Gasteiger partial charge on any atom is -0.373 e. The number of hydrogen-bond donors (Lipinski definition) is 2. The molecule has 1 aliphatic heterocycles. The van der Waals surface area contributed by atoms with Gasteiger partial charge in [-0.25, -0.2) is 8.78 Å². The van der Waals surface area contributed by atoms with Gasteiger partial charge in [-0.05, 0) is 68.7 Å². The van der Waals surface area contributed by atoms with Crippen LogP contribution in [0.1, 0.15) is 42.1 Å². The van der Waals surface area contributed by atoms with Gasteiger partial charge in [-0.2, -0.15) is 5.26 Å². The van der Waals surface area contributed by atoms with Crippen molar-refractivity contribution in [3.63, 3.8) is 0 Å². The molecule has 0 saturated carbocycles. The lowest BCUT2D eigenvalue weighted by atomic mass is 10.0. The molecule has 44 heavy (non-hydrogen) atoms. The number of nitrogens with one attached hydrogen (secondary N) is 2. The van der Waals surface area contributed by atoms with E-state index in [1.807, 2.05) is 47.3 Å². The molecule has 0 amide bonds. The average Bonchev–Trinajstić information content (AvgIpc) is 3.71. The molecule has 3 heterocycles. The van der Waals surface area contributed by atoms with Crippen LogP contribution in [0.5, 0.6) is 0 Å². The molecular formula is C32H28Cl2F2N8. The van der Waals surface area contributed by atoms with E-state index in [4.69, 9.17) is 23.2 Å². The number of nitriles is 1. The van der Waals surface area contributed by atoms with Crippen molar-refractivity contribution in [2.45, 2.75) is 31.8 Å². The van der Waals surface area contributed by atoms with Gasteiger partial charge < -0.3 is 15.5 Å². The van der Waals surface area contributed by atoms with Crippen LogP contribution in [0.15, 0.2) is 67.0 Å². The highest BCUT2D eigenvalue weighted by atomic mass is 35.5. The van der Waals surface area contributed by atoms with E-state index in [0.29, 0.717) is 22.3 Å². The van der Waals surface area contributed by atoms with E-state index in [1.165, 1.54) is 19.0 Å². The first-order chi connectivity index (χ1) is 21.4. The van der Waals surface area contributed by atoms with E-state index in [0.717, 1.165) is 50.3 Å². The van der Waals surface area contributed by atoms with Crippen molar-refractivity contribution < 1.29 is 8.78 Å². The first-order valence-corrected chi connectivity index (χ1v) is 15.0. The molecule has 2 N–H and O–H groups in total. The number of nitrogens with zero attached hydrogens (tertiary/aromatic N) is 6. The fraction of sp³-hybridized carbons (Fsp3) is 0.250. The Morgan fingerprint density at radius 1 is 0.977 bits per heavy atom. The molecule has 1 aliphatic rings. The van der Waals surface area contributed by atoms with Gasteiger partial charge in [0, 0.05) is 28.8 Å². The van der Waals surface area contributed by atoms with Crippen LogP contribution in [0.3, 0.4) is 0 Å². The Balaban J connectivity index is 1.34. The highest BCUT2D eigenvalue weighted by Crippen LogP contribution is 2.38. The molecule has 1 atom stereocenters. The van der Waals surface area contributed by atoms with Crippen LogP contribution in [0.2, 0.25) is 10.0 Å². The van der Waals surface area contributed by atoms with E-state index in [2.05, 4.69) is 30.8 Å². The first kappa shape index (κ1) is 29.8. The molecule has 2 aromatic heterocycles. The zero-order valence-electron chi connectivity index (χ0n) is 23.6. The van der Waals surface area contributed by atoms with Crippen LogP contribution in [-0.4, -0.2) is 44.5 Å². The Bertz CT molecular complexity index is 1810. The summed E-state index contributed by atoms with van der Waals surface area (Å²) in [4.78, 5) is 6.82. The van der Waals surface area contributed by atoms with Gasteiger partial charge in [-0.15, -0.1) is 5.10 Å². The van der Waals surface area contributed by atoms with Gasteiger partial charge in [-0.1, -0.05) is 58.7 Å². The first-order valence-electron chi connectivity index (χ1n) is 14.3. The average molecular weight is 634 g/mol. The summed E-state index contributed by atoms with van der Waals surface area (Å²) in [6, 6.07) is 16.9. The lowest BCUT2D eigenvalue weighted by Gasteiger charge is -2.20. The topological polar surface area (TPSA) is 94.7 Å². The number of aryl methyl sites for hydroxylation is 1. The molecule has 0 unspecified atom stereocenters. The van der Waals surface area contributed by atoms with E-state index in [-0.39, 0.29) is 21.3 Å². The maximum absolute atomic E-state index is 14.8. The van der Waals surface area contributed by atoms with Crippen molar-refractivity contribution in [2.75, 3.05) is 30.3 Å². The summed E-state index contributed by atoms with van der Waals surface area (Å²) < 4.78 is 31.4. The minimum absolute atomic E-state index is 0.0796. The lowest BCUT2D eigenvalue weighted by molar-refractivity contribution is 0.321. The normalized spacial score (nSPS) is 14.1. The standard InChI is InChI=1S/C32H28Cl2F2N8/c33-22-13-26(35)32(27(36)14-22)40-29-21(17-37)18-38-31-24(29)15-23(16-25(31)34)39-30(20-7-2-1-3-8-20)28-19-44(42-41-28)12-6-11-43-9-4-5-10-43/h1-3,7-8,13-16,18-19,30,39H,4-6,9-12H2,(H,38,40)/t30-/m0/s1. The molecule has 224 valence electrons. The van der Waals surface area contributed by atoms with Gasteiger partial charge in [0.15, 0.2) is 11.6 Å². The monoisotopic (exact) mass is 632 g/mol. The largest absolute Gasteiger partial charge is 0.373 e. The molecule has 12 heteroatoms. The molecule has 1 fully saturated rings. The van der Waals surface area contributed by atoms with Crippen molar-refractivity contribution in [3.05, 3.63) is 105 Å². The van der Waals surface area contributed by atoms with Gasteiger partial charge >= 0.3 is 0 Å². The highest BCUT2D eigenvalue weighted by molar-refractivity contribution is 6.36. The third-order valence-corrected chi connectivity index (χ3v) is 8.16. The van der Waals surface area contributed by atoms with Gasteiger partial charge in [0.05, 0.1) is 34.0 Å². The Kier molecular flexibility index (Phi) is 8.89. The summed E-state index contributed by atoms with van der Waals surface area (Å²) >= 11 is 12.5. The summed E-state index contributed by atoms with van der Waals surface area (Å²) in [6.45, 7) is 4.10. The van der Waals surface area contributed by atoms with Crippen LogP contribution < -0.4 is 10.6 Å². The highest BCUT2D eigenvalue weighted by Gasteiger charge is 2.21. The molecule has 5 aromatic rings. The molecular weight excluding hydrogens is 605 g/mol. The summed E-state index contributed by atoms with van der Waals surface area (Å²) in [5.74, 6) is -1.81. The Hall–Kier alpha value is -4.30. The smallest absolute Gasteiger partial charge is 0.151 e. The fourth-order valence-corrected chi connectivity index (χ4v) is 5.97.